The van der Waals surface area contributed by atoms with Crippen LogP contribution in [-0.2, 0) is 10.0 Å². The van der Waals surface area contributed by atoms with Crippen LogP contribution in [0.15, 0.2) is 0 Å². The molecular weight excluding hydrogens is 270 g/mol. The molecule has 0 radical (unpaired) electrons. The predicted octanol–water partition coefficient (Wildman–Crippen LogP) is 0.656. The van der Waals surface area contributed by atoms with E-state index in [1.54, 1.807) is 0 Å². The smallest absolute Gasteiger partial charge is 0.220 e. The molecule has 0 fully saturated rings. The Morgan fingerprint density at radius 1 is 1.11 bits per heavy atom. The van der Waals surface area contributed by atoms with Gasteiger partial charge in [0.2, 0.25) is 10.0 Å². The molecule has 108 valence electrons. The number of sulfonamides is 1. The first-order chi connectivity index (χ1) is 8.37. The molecule has 0 heterocycles. The quantitative estimate of drug-likeness (QED) is 0.600. The monoisotopic (exact) mass is 295 g/mol. The van der Waals surface area contributed by atoms with Crippen LogP contribution in [0.1, 0.15) is 27.2 Å². The average Bonchev–Trinajstić information content (AvgIpc) is 2.27. The topological polar surface area (TPSA) is 66.6 Å². The predicted molar refractivity (Wildman–Crippen MR) is 80.2 cm³/mol. The van der Waals surface area contributed by atoms with Gasteiger partial charge in [-0.05, 0) is 26.1 Å². The van der Waals surface area contributed by atoms with E-state index in [9.17, 15) is 8.42 Å². The van der Waals surface area contributed by atoms with Crippen molar-refractivity contribution in [1.82, 2.24) is 9.21 Å². The van der Waals surface area contributed by atoms with E-state index in [1.165, 1.54) is 4.31 Å². The first-order valence-corrected chi connectivity index (χ1v) is 8.37. The maximum Gasteiger partial charge on any atom is 0.220 e. The van der Waals surface area contributed by atoms with Gasteiger partial charge in [-0.25, -0.2) is 12.7 Å². The van der Waals surface area contributed by atoms with Crippen molar-refractivity contribution in [3.05, 3.63) is 0 Å². The fraction of sp³-hybridized carbons (Fsp3) is 0.909. The molecule has 0 atom stereocenters. The summed E-state index contributed by atoms with van der Waals surface area (Å²) in [5.41, 5.74) is 5.31. The van der Waals surface area contributed by atoms with Crippen LogP contribution in [0.25, 0.3) is 0 Å². The van der Waals surface area contributed by atoms with Crippen molar-refractivity contribution < 1.29 is 8.42 Å². The number of hydrogen-bond donors (Lipinski definition) is 1. The van der Waals surface area contributed by atoms with Crippen molar-refractivity contribution in [1.29, 1.82) is 0 Å². The number of nitrogens with zero attached hydrogens (tertiary/aromatic N) is 2. The van der Waals surface area contributed by atoms with Gasteiger partial charge in [-0.1, -0.05) is 33.0 Å². The highest BCUT2D eigenvalue weighted by molar-refractivity contribution is 7.92. The van der Waals surface area contributed by atoms with E-state index in [4.69, 9.17) is 5.73 Å². The maximum atomic E-state index is 11.9. The Hall–Kier alpha value is -0.240. The van der Waals surface area contributed by atoms with E-state index in [2.05, 4.69) is 31.0 Å². The van der Waals surface area contributed by atoms with Gasteiger partial charge in [-0.3, -0.25) is 0 Å². The summed E-state index contributed by atoms with van der Waals surface area (Å²) < 4.78 is 25.3. The highest BCUT2D eigenvalue weighted by Gasteiger charge is 2.20. The molecule has 2 N–H and O–H groups in total. The van der Waals surface area contributed by atoms with Crippen molar-refractivity contribution in [2.45, 2.75) is 27.2 Å². The number of hydrogen-bond acceptors (Lipinski definition) is 4. The fourth-order valence-corrected chi connectivity index (χ4v) is 3.57. The zero-order valence-corrected chi connectivity index (χ0v) is 13.2. The lowest BCUT2D eigenvalue weighted by atomic mass is 10.3. The Bertz CT molecular complexity index is 340. The molecule has 0 aliphatic carbocycles. The lowest BCUT2D eigenvalue weighted by Crippen LogP contribution is -2.38. The van der Waals surface area contributed by atoms with Crippen molar-refractivity contribution in [2.75, 3.05) is 38.5 Å². The first kappa shape index (κ1) is 17.8. The molecule has 5 nitrogen and oxygen atoms in total. The molecule has 0 spiro atoms. The van der Waals surface area contributed by atoms with E-state index in [0.717, 1.165) is 26.1 Å². The summed E-state index contributed by atoms with van der Waals surface area (Å²) in [6, 6.07) is 0. The van der Waals surface area contributed by atoms with E-state index in [1.807, 2.05) is 6.92 Å². The number of nitrogens with two attached hydrogens (primary N) is 1. The Kier molecular flexibility index (Phi) is 8.67. The third-order valence-corrected chi connectivity index (χ3v) is 5.08. The van der Waals surface area contributed by atoms with E-state index >= 15 is 0 Å². The molecule has 18 heavy (non-hydrogen) atoms. The standard InChI is InChI=1S/C11H25N3O2S2/c1-4-13(5-2)8-7-9-14(6-3)18(15,16)10-11(12)17/h4-10H2,1-3H3,(H2,12,17). The molecule has 0 unspecified atom stereocenters. The summed E-state index contributed by atoms with van der Waals surface area (Å²) >= 11 is 4.67. The summed E-state index contributed by atoms with van der Waals surface area (Å²) in [6.45, 7) is 9.90. The first-order valence-electron chi connectivity index (χ1n) is 6.35. The Balaban J connectivity index is 4.31. The molecule has 0 saturated heterocycles. The van der Waals surface area contributed by atoms with Gasteiger partial charge in [0.1, 0.15) is 5.75 Å². The van der Waals surface area contributed by atoms with Crippen LogP contribution in [0.2, 0.25) is 0 Å². The van der Waals surface area contributed by atoms with Crippen LogP contribution >= 0.6 is 12.2 Å². The summed E-state index contributed by atoms with van der Waals surface area (Å²) in [5, 5.41) is 0. The summed E-state index contributed by atoms with van der Waals surface area (Å²) in [6.07, 6.45) is 0.825. The summed E-state index contributed by atoms with van der Waals surface area (Å²) in [5.74, 6) is -0.235. The van der Waals surface area contributed by atoms with Crippen molar-refractivity contribution in [3.8, 4) is 0 Å². The van der Waals surface area contributed by atoms with Crippen LogP contribution in [0, 0.1) is 0 Å². The molecule has 0 amide bonds. The third kappa shape index (κ3) is 6.63. The van der Waals surface area contributed by atoms with Crippen molar-refractivity contribution >= 4 is 27.2 Å². The van der Waals surface area contributed by atoms with Gasteiger partial charge in [0.25, 0.3) is 0 Å². The second-order valence-electron chi connectivity index (χ2n) is 4.09. The minimum absolute atomic E-state index is 0.0252. The zero-order chi connectivity index (χ0) is 14.2. The lowest BCUT2D eigenvalue weighted by molar-refractivity contribution is 0.285. The maximum absolute atomic E-state index is 11.9. The highest BCUT2D eigenvalue weighted by atomic mass is 32.2. The fourth-order valence-electron chi connectivity index (χ4n) is 1.78. The van der Waals surface area contributed by atoms with Gasteiger partial charge < -0.3 is 10.6 Å². The van der Waals surface area contributed by atoms with Crippen LogP contribution in [0.4, 0.5) is 0 Å². The normalized spacial score (nSPS) is 12.3. The van der Waals surface area contributed by atoms with E-state index < -0.39 is 10.0 Å². The number of thiocarbonyl (C=S) groups is 1. The molecular formula is C11H25N3O2S2. The molecule has 0 rings (SSSR count). The Labute approximate surface area is 116 Å². The molecule has 0 aliphatic heterocycles. The minimum Gasteiger partial charge on any atom is -0.392 e. The summed E-state index contributed by atoms with van der Waals surface area (Å²) in [4.78, 5) is 2.30. The average molecular weight is 295 g/mol. The summed E-state index contributed by atoms with van der Waals surface area (Å²) in [7, 11) is -3.33. The van der Waals surface area contributed by atoms with Crippen molar-refractivity contribution in [3.63, 3.8) is 0 Å². The minimum atomic E-state index is -3.33. The molecule has 0 aromatic carbocycles. The second-order valence-corrected chi connectivity index (χ2v) is 6.59. The highest BCUT2D eigenvalue weighted by Crippen LogP contribution is 2.03. The largest absolute Gasteiger partial charge is 0.392 e. The van der Waals surface area contributed by atoms with Crippen LogP contribution in [0.5, 0.6) is 0 Å². The molecule has 0 aliphatic rings. The van der Waals surface area contributed by atoms with Gasteiger partial charge in [-0.2, -0.15) is 0 Å². The number of rotatable bonds is 10. The SMILES string of the molecule is CCN(CC)CCCN(CC)S(=O)(=O)CC(N)=S. The zero-order valence-electron chi connectivity index (χ0n) is 11.6. The van der Waals surface area contributed by atoms with Crippen LogP contribution in [-0.4, -0.2) is 61.1 Å². The van der Waals surface area contributed by atoms with Gasteiger partial charge in [0.15, 0.2) is 0 Å². The van der Waals surface area contributed by atoms with Gasteiger partial charge in [-0.15, -0.1) is 0 Å². The van der Waals surface area contributed by atoms with E-state index in [0.29, 0.717) is 13.1 Å². The van der Waals surface area contributed by atoms with Crippen LogP contribution in [0.3, 0.4) is 0 Å². The van der Waals surface area contributed by atoms with Crippen molar-refractivity contribution in [2.24, 2.45) is 5.73 Å². The lowest BCUT2D eigenvalue weighted by Gasteiger charge is -2.23. The Morgan fingerprint density at radius 2 is 1.67 bits per heavy atom. The molecule has 0 bridgehead atoms. The molecule has 0 aromatic heterocycles. The van der Waals surface area contributed by atoms with Gasteiger partial charge in [0.05, 0.1) is 4.99 Å². The van der Waals surface area contributed by atoms with Gasteiger partial charge in [0, 0.05) is 13.1 Å². The Morgan fingerprint density at radius 3 is 2.06 bits per heavy atom. The molecule has 0 aromatic rings. The molecule has 7 heteroatoms. The molecule has 0 saturated carbocycles. The second kappa shape index (κ2) is 8.79. The van der Waals surface area contributed by atoms with Gasteiger partial charge >= 0.3 is 0 Å². The van der Waals surface area contributed by atoms with Crippen LogP contribution < -0.4 is 5.73 Å². The van der Waals surface area contributed by atoms with E-state index in [-0.39, 0.29) is 10.7 Å². The third-order valence-electron chi connectivity index (χ3n) is 2.85.